The Bertz CT molecular complexity index is 5400. The van der Waals surface area contributed by atoms with Crippen LogP contribution in [0.3, 0.4) is 0 Å². The van der Waals surface area contributed by atoms with Crippen LogP contribution in [0.15, 0.2) is 160 Å². The molecule has 0 saturated carbocycles. The number of hydrogen-bond donors (Lipinski definition) is 11. The summed E-state index contributed by atoms with van der Waals surface area (Å²) in [5.41, 5.74) is -1.68. The van der Waals surface area contributed by atoms with Crippen molar-refractivity contribution in [2.45, 2.75) is 24.5 Å². The van der Waals surface area contributed by atoms with Crippen LogP contribution in [0.1, 0.15) is 0 Å². The first-order chi connectivity index (χ1) is 43.3. The molecule has 0 fully saturated rings. The lowest BCUT2D eigenvalue weighted by Crippen LogP contribution is -2.11. The third-order valence-electron chi connectivity index (χ3n) is 13.0. The van der Waals surface area contributed by atoms with Crippen LogP contribution >= 0.6 is 44.8 Å². The van der Waals surface area contributed by atoms with Gasteiger partial charge in [0, 0.05) is 68.3 Å². The lowest BCUT2D eigenvalue weighted by Gasteiger charge is -2.13. The maximum Gasteiger partial charge on any atom is 0.297 e. The molecule has 0 aliphatic rings. The van der Waals surface area contributed by atoms with E-state index in [-0.39, 0.29) is 80.3 Å². The van der Waals surface area contributed by atoms with Crippen LogP contribution in [0.25, 0.3) is 43.1 Å². The van der Waals surface area contributed by atoms with Gasteiger partial charge in [0.2, 0.25) is 23.8 Å². The molecule has 40 heteroatoms. The van der Waals surface area contributed by atoms with Gasteiger partial charge in [-0.2, -0.15) is 70.8 Å². The van der Waals surface area contributed by atoms with Gasteiger partial charge in [0.05, 0.1) is 0 Å². The summed E-state index contributed by atoms with van der Waals surface area (Å²) in [5.74, 6) is -3.31. The third kappa shape index (κ3) is 14.5. The van der Waals surface area contributed by atoms with E-state index in [1.54, 1.807) is 6.07 Å². The number of nitrogens with zero attached hydrogens (tertiary/aromatic N) is 8. The van der Waals surface area contributed by atoms with E-state index in [2.05, 4.69) is 61.7 Å². The molecule has 0 aliphatic carbocycles. The first kappa shape index (κ1) is 66.6. The molecule has 0 unspecified atom stereocenters. The first-order valence-corrected chi connectivity index (χ1v) is 35.8. The summed E-state index contributed by atoms with van der Waals surface area (Å²) in [5, 5.41) is 47.5. The summed E-state index contributed by atoms with van der Waals surface area (Å²) in [4.78, 5) is 11.9. The highest BCUT2D eigenvalue weighted by Gasteiger charge is 2.28. The number of rotatable bonds is 22. The molecule has 0 bridgehead atoms. The van der Waals surface area contributed by atoms with Crippen molar-refractivity contribution in [3.63, 3.8) is 0 Å². The maximum atomic E-state index is 15.1. The number of phenols is 2. The molecule has 0 spiro atoms. The fraction of sp³-hybridized carbons (Fsp3) is 0.0769. The summed E-state index contributed by atoms with van der Waals surface area (Å²) in [7, 11) is -22.5. The van der Waals surface area contributed by atoms with Crippen LogP contribution in [-0.2, 0) is 50.6 Å². The average molecular weight is 1440 g/mol. The van der Waals surface area contributed by atoms with E-state index in [9.17, 15) is 75.1 Å². The minimum Gasteiger partial charge on any atom is -0.505 e. The number of fused-ring (bicyclic) bond motifs is 4. The van der Waals surface area contributed by atoms with E-state index in [0.29, 0.717) is 22.6 Å². The molecule has 0 saturated heterocycles. The molecule has 29 nitrogen and oxygen atoms in total. The first-order valence-electron chi connectivity index (χ1n) is 25.4. The van der Waals surface area contributed by atoms with E-state index < -0.39 is 131 Å². The largest absolute Gasteiger partial charge is 0.505 e. The fourth-order valence-electron chi connectivity index (χ4n) is 9.09. The number of aromatic nitrogens is 4. The highest BCUT2D eigenvalue weighted by atomic mass is 35.5. The smallest absolute Gasteiger partial charge is 0.297 e. The van der Waals surface area contributed by atoms with Crippen molar-refractivity contribution in [3.8, 4) is 11.5 Å². The van der Waals surface area contributed by atoms with Gasteiger partial charge >= 0.3 is 0 Å². The quantitative estimate of drug-likeness (QED) is 0.00987. The normalized spacial score (nSPS) is 12.7. The Morgan fingerprint density at radius 2 is 0.848 bits per heavy atom. The number of halogens is 4. The van der Waals surface area contributed by atoms with E-state index in [4.69, 9.17) is 23.2 Å². The summed E-state index contributed by atoms with van der Waals surface area (Å²) in [6.07, 6.45) is 0. The fourth-order valence-corrected chi connectivity index (χ4v) is 14.9. The standard InChI is InChI=1S/C52H38Cl2F2N12O17S7/c53-40-47(55)61-51(63-49(40)59-26-8-10-28-24(21-26)7-14-34(43(28)69)65-66-35-15-12-30-32(45(35)91(80,81)82)3-1-5-37(30)88(71,72)73)57-17-19-86-87-20-18-58-52-62-48(56)41(54)50(64-52)60-27-9-11-29-25(22-27)23-39(90(77,78)79)42(44(29)70)68-67-36-16-13-31-33(46(36)92(83,84)85)4-2-6-38(31)89(74,75)76/h1-16,21-23,69-70H,17-20H2,(H,71,72,73)(H,74,75,76)(H,77,78,79)(H,80,81,82)(H,83,84,85)(H2,57,59,61,63)(H2,58,60,62,64). The molecule has 10 aromatic rings. The predicted molar refractivity (Wildman–Crippen MR) is 339 cm³/mol. The van der Waals surface area contributed by atoms with E-state index in [1.807, 2.05) is 0 Å². The minimum atomic E-state index is -5.26. The molecular weight excluding hydrogens is 1400 g/mol. The molecule has 478 valence electrons. The number of anilines is 6. The van der Waals surface area contributed by atoms with Crippen molar-refractivity contribution in [1.82, 2.24) is 19.9 Å². The highest BCUT2D eigenvalue weighted by Crippen LogP contribution is 2.45. The molecule has 92 heavy (non-hydrogen) atoms. The SMILES string of the molecule is O=S(=O)(O)c1cc2cc(Nc3nc(NCCSSCCNc4nc(F)c(Cl)c(Nc5ccc6c(O)c(N=Nc7ccc8c(S(=O)(=O)O)cccc8c7S(=O)(=O)O)ccc6c5)n4)nc(F)c3Cl)ccc2c(O)c1N=Nc1ccc2c(S(=O)(=O)O)cccc2c1S(=O)(=O)O. The van der Waals surface area contributed by atoms with Gasteiger partial charge in [0.1, 0.15) is 57.3 Å². The van der Waals surface area contributed by atoms with Gasteiger partial charge in [0.15, 0.2) is 23.1 Å². The molecule has 2 aromatic heterocycles. The molecule has 8 aromatic carbocycles. The van der Waals surface area contributed by atoms with Crippen LogP contribution < -0.4 is 21.3 Å². The van der Waals surface area contributed by atoms with E-state index >= 15 is 8.78 Å². The number of aromatic hydroxyl groups is 2. The summed E-state index contributed by atoms with van der Waals surface area (Å²) in [6, 6.07) is 22.8. The second-order valence-electron chi connectivity index (χ2n) is 18.9. The number of benzene rings is 8. The number of phenolic OH excluding ortho intramolecular Hbond substituents is 2. The summed E-state index contributed by atoms with van der Waals surface area (Å²) in [6.45, 7) is 0.441. The zero-order valence-electron chi connectivity index (χ0n) is 45.5. The summed E-state index contributed by atoms with van der Waals surface area (Å²) >= 11 is 12.5. The molecule has 2 heterocycles. The minimum absolute atomic E-state index is 0.0649. The lowest BCUT2D eigenvalue weighted by molar-refractivity contribution is 0.472. The van der Waals surface area contributed by atoms with Crippen molar-refractivity contribution in [2.24, 2.45) is 20.5 Å². The number of azo groups is 2. The van der Waals surface area contributed by atoms with Crippen LogP contribution in [0.2, 0.25) is 10.0 Å². The van der Waals surface area contributed by atoms with Gasteiger partial charge in [0.25, 0.3) is 50.6 Å². The van der Waals surface area contributed by atoms with Crippen LogP contribution in [0.5, 0.6) is 11.5 Å². The van der Waals surface area contributed by atoms with E-state index in [0.717, 1.165) is 60.7 Å². The van der Waals surface area contributed by atoms with Crippen molar-refractivity contribution < 1.29 is 83.8 Å². The number of hydrogen-bond acceptors (Lipinski definition) is 26. The highest BCUT2D eigenvalue weighted by molar-refractivity contribution is 8.76. The van der Waals surface area contributed by atoms with Gasteiger partial charge in [-0.05, 0) is 83.6 Å². The van der Waals surface area contributed by atoms with Crippen molar-refractivity contribution in [2.75, 3.05) is 45.9 Å². The predicted octanol–water partition coefficient (Wildman–Crippen LogP) is 12.3. The monoisotopic (exact) mass is 1430 g/mol. The van der Waals surface area contributed by atoms with Gasteiger partial charge in [-0.25, -0.2) is 0 Å². The number of nitrogens with one attached hydrogen (secondary N) is 4. The maximum absolute atomic E-state index is 15.1. The van der Waals surface area contributed by atoms with Crippen LogP contribution in [0, 0.1) is 11.9 Å². The lowest BCUT2D eigenvalue weighted by atomic mass is 10.1. The van der Waals surface area contributed by atoms with Crippen molar-refractivity contribution >= 4 is 196 Å². The molecule has 10 rings (SSSR count). The molecule has 0 radical (unpaired) electrons. The van der Waals surface area contributed by atoms with Crippen molar-refractivity contribution in [3.05, 3.63) is 137 Å². The average Bonchev–Trinajstić information content (AvgIpc) is 0.769. The van der Waals surface area contributed by atoms with Crippen LogP contribution in [-0.4, -0.2) is 120 Å². The zero-order valence-corrected chi connectivity index (χ0v) is 52.7. The third-order valence-corrected chi connectivity index (χ3v) is 20.6. The Balaban J connectivity index is 0.743. The van der Waals surface area contributed by atoms with Gasteiger partial charge < -0.3 is 31.5 Å². The molecule has 11 N–H and O–H groups in total. The molecule has 0 atom stereocenters. The van der Waals surface area contributed by atoms with Crippen molar-refractivity contribution in [1.29, 1.82) is 0 Å². The Morgan fingerprint density at radius 1 is 0.435 bits per heavy atom. The zero-order chi connectivity index (χ0) is 66.4. The second-order valence-corrected chi connectivity index (χ2v) is 29.3. The van der Waals surface area contributed by atoms with Crippen LogP contribution in [0.4, 0.5) is 66.4 Å². The Morgan fingerprint density at radius 3 is 1.30 bits per heavy atom. The topological polar surface area (TPSA) is 461 Å². The Kier molecular flexibility index (Phi) is 18.8. The van der Waals surface area contributed by atoms with E-state index in [1.165, 1.54) is 70.1 Å². The second kappa shape index (κ2) is 26.0. The summed E-state index contributed by atoms with van der Waals surface area (Å²) < 4.78 is 203. The molecule has 0 amide bonds. The van der Waals surface area contributed by atoms with Gasteiger partial charge in [-0.3, -0.25) is 22.8 Å². The van der Waals surface area contributed by atoms with Gasteiger partial charge in [-0.1, -0.05) is 87.3 Å². The Labute approximate surface area is 535 Å². The van der Waals surface area contributed by atoms with Gasteiger partial charge in [-0.15, -0.1) is 20.5 Å². The Hall–Kier alpha value is -8.35. The molecular formula is C52H38Cl2F2N12O17S7. The molecule has 0 aliphatic heterocycles.